The van der Waals surface area contributed by atoms with E-state index in [1.807, 2.05) is 6.08 Å². The average molecular weight is 584 g/mol. The molecule has 5 rings (SSSR count). The minimum absolute atomic E-state index is 0.0580. The van der Waals surface area contributed by atoms with Crippen molar-refractivity contribution in [3.63, 3.8) is 0 Å². The zero-order valence-electron chi connectivity index (χ0n) is 22.0. The molecule has 11 heteroatoms. The van der Waals surface area contributed by atoms with Crippen LogP contribution in [0.2, 0.25) is 0 Å². The molecule has 2 aromatic rings. The van der Waals surface area contributed by atoms with E-state index in [2.05, 4.69) is 0 Å². The lowest BCUT2D eigenvalue weighted by molar-refractivity contribution is -0.143. The normalized spacial score (nSPS) is 26.0. The maximum absolute atomic E-state index is 13.8. The molecule has 2 heterocycles. The Labute approximate surface area is 232 Å². The average Bonchev–Trinajstić information content (AvgIpc) is 3.26. The van der Waals surface area contributed by atoms with Gasteiger partial charge in [-0.1, -0.05) is 18.2 Å². The molecule has 4 nitrogen and oxygen atoms in total. The molecule has 0 radical (unpaired) electrons. The van der Waals surface area contributed by atoms with E-state index in [1.165, 1.54) is 25.1 Å². The summed E-state index contributed by atoms with van der Waals surface area (Å²) >= 11 is 0. The van der Waals surface area contributed by atoms with E-state index in [1.54, 1.807) is 17.0 Å². The smallest absolute Gasteiger partial charge is 0.393 e. The highest BCUT2D eigenvalue weighted by atomic mass is 19.4. The van der Waals surface area contributed by atoms with Crippen molar-refractivity contribution >= 4 is 5.91 Å². The van der Waals surface area contributed by atoms with Crippen LogP contribution in [-0.4, -0.2) is 40.7 Å². The van der Waals surface area contributed by atoms with E-state index < -0.39 is 59.6 Å². The fourth-order valence-electron chi connectivity index (χ4n) is 6.03. The van der Waals surface area contributed by atoms with Gasteiger partial charge in [0.25, 0.3) is 0 Å². The Kier molecular flexibility index (Phi) is 7.80. The van der Waals surface area contributed by atoms with Gasteiger partial charge in [-0.25, -0.2) is 4.39 Å². The van der Waals surface area contributed by atoms with Crippen molar-refractivity contribution in [2.24, 2.45) is 0 Å². The van der Waals surface area contributed by atoms with E-state index >= 15 is 0 Å². The molecule has 1 N–H and O–H groups in total. The van der Waals surface area contributed by atoms with Gasteiger partial charge in [0.15, 0.2) is 0 Å². The Hall–Kier alpha value is -3.18. The minimum Gasteiger partial charge on any atom is -0.393 e. The lowest BCUT2D eigenvalue weighted by Gasteiger charge is -2.34. The summed E-state index contributed by atoms with van der Waals surface area (Å²) in [6.07, 6.45) is -6.90. The van der Waals surface area contributed by atoms with Crippen LogP contribution in [0.4, 0.5) is 30.7 Å². The zero-order chi connectivity index (χ0) is 29.7. The first-order valence-corrected chi connectivity index (χ1v) is 13.3. The Morgan fingerprint density at radius 3 is 2.17 bits per heavy atom. The first-order chi connectivity index (χ1) is 19.2. The number of hydrogen-bond donors (Lipinski definition) is 1. The minimum atomic E-state index is -5.00. The number of benzene rings is 2. The molecule has 1 fully saturated rings. The van der Waals surface area contributed by atoms with E-state index in [0.717, 1.165) is 11.1 Å². The largest absolute Gasteiger partial charge is 0.416 e. The third-order valence-corrected chi connectivity index (χ3v) is 8.11. The van der Waals surface area contributed by atoms with Crippen LogP contribution >= 0.6 is 0 Å². The monoisotopic (exact) mass is 583 g/mol. The van der Waals surface area contributed by atoms with Crippen molar-refractivity contribution < 1.29 is 45.4 Å². The van der Waals surface area contributed by atoms with Gasteiger partial charge in [-0.3, -0.25) is 4.79 Å². The van der Waals surface area contributed by atoms with Gasteiger partial charge in [0, 0.05) is 24.6 Å². The first kappa shape index (κ1) is 29.3. The summed E-state index contributed by atoms with van der Waals surface area (Å²) in [6, 6.07) is 6.54. The molecular weight excluding hydrogens is 555 g/mol. The van der Waals surface area contributed by atoms with E-state index in [-0.39, 0.29) is 24.1 Å². The molecule has 220 valence electrons. The second-order valence-corrected chi connectivity index (χ2v) is 10.8. The van der Waals surface area contributed by atoms with Gasteiger partial charge >= 0.3 is 12.4 Å². The molecule has 5 atom stereocenters. The van der Waals surface area contributed by atoms with Crippen LogP contribution in [0.1, 0.15) is 66.9 Å². The van der Waals surface area contributed by atoms with Crippen molar-refractivity contribution in [3.05, 3.63) is 93.8 Å². The number of carbonyl (C=O) groups excluding carboxylic acids is 1. The SMILES string of the molecule is C[C@@H](O[C@H]1CN2C(=O)C=C(C3=CCC(O)CC3)CC2[C@@H]1c1ccc(F)cc1)c1cc(C(F)(F)F)cc(C(F)(F)F)c1. The highest BCUT2D eigenvalue weighted by Crippen LogP contribution is 2.45. The van der Waals surface area contributed by atoms with E-state index in [9.17, 15) is 40.6 Å². The van der Waals surface area contributed by atoms with Crippen LogP contribution in [0, 0.1) is 5.82 Å². The van der Waals surface area contributed by atoms with Gasteiger partial charge in [0.1, 0.15) is 5.82 Å². The van der Waals surface area contributed by atoms with Gasteiger partial charge < -0.3 is 14.7 Å². The molecule has 1 aliphatic carbocycles. The van der Waals surface area contributed by atoms with Gasteiger partial charge in [-0.05, 0) is 85.2 Å². The summed E-state index contributed by atoms with van der Waals surface area (Å²) in [4.78, 5) is 14.8. The number of aliphatic hydroxyl groups is 1. The molecule has 2 aromatic carbocycles. The Bertz CT molecular complexity index is 1330. The van der Waals surface area contributed by atoms with Crippen molar-refractivity contribution in [1.82, 2.24) is 4.90 Å². The number of alkyl halides is 6. The molecule has 0 spiro atoms. The molecular formula is C30H28F7NO3. The fraction of sp³-hybridized carbons (Fsp3) is 0.433. The maximum Gasteiger partial charge on any atom is 0.416 e. The Morgan fingerprint density at radius 2 is 1.61 bits per heavy atom. The lowest BCUT2D eigenvalue weighted by atomic mass is 9.81. The number of carbonyl (C=O) groups is 1. The van der Waals surface area contributed by atoms with Crippen LogP contribution in [-0.2, 0) is 21.9 Å². The van der Waals surface area contributed by atoms with Crippen LogP contribution in [0.5, 0.6) is 0 Å². The molecule has 0 saturated carbocycles. The third kappa shape index (κ3) is 6.21. The van der Waals surface area contributed by atoms with E-state index in [4.69, 9.17) is 4.74 Å². The summed E-state index contributed by atoms with van der Waals surface area (Å²) in [5.74, 6) is -1.29. The number of allylic oxidation sites excluding steroid dienone is 1. The van der Waals surface area contributed by atoms with Crippen molar-refractivity contribution in [2.75, 3.05) is 6.54 Å². The highest BCUT2D eigenvalue weighted by molar-refractivity contribution is 5.91. The summed E-state index contributed by atoms with van der Waals surface area (Å²) in [5.41, 5.74) is -0.762. The fourth-order valence-corrected chi connectivity index (χ4v) is 6.03. The Morgan fingerprint density at radius 1 is 0.976 bits per heavy atom. The van der Waals surface area contributed by atoms with Crippen LogP contribution in [0.3, 0.4) is 0 Å². The number of aliphatic hydroxyl groups excluding tert-OH is 1. The molecule has 2 unspecified atom stereocenters. The second-order valence-electron chi connectivity index (χ2n) is 10.8. The summed E-state index contributed by atoms with van der Waals surface area (Å²) < 4.78 is 101. The number of halogens is 7. The molecule has 3 aliphatic rings. The van der Waals surface area contributed by atoms with Crippen molar-refractivity contribution in [2.45, 2.75) is 75.2 Å². The predicted octanol–water partition coefficient (Wildman–Crippen LogP) is 7.11. The number of hydrogen-bond acceptors (Lipinski definition) is 3. The molecule has 41 heavy (non-hydrogen) atoms. The maximum atomic E-state index is 13.8. The van der Waals surface area contributed by atoms with Crippen molar-refractivity contribution in [3.8, 4) is 0 Å². The second kappa shape index (κ2) is 10.9. The first-order valence-electron chi connectivity index (χ1n) is 13.3. The lowest BCUT2D eigenvalue weighted by Crippen LogP contribution is -2.40. The third-order valence-electron chi connectivity index (χ3n) is 8.11. The number of nitrogens with zero attached hydrogens (tertiary/aromatic N) is 1. The number of amides is 1. The number of rotatable bonds is 5. The van der Waals surface area contributed by atoms with Crippen LogP contribution < -0.4 is 0 Å². The quantitative estimate of drug-likeness (QED) is 0.382. The van der Waals surface area contributed by atoms with Gasteiger partial charge in [-0.2, -0.15) is 26.3 Å². The van der Waals surface area contributed by atoms with Crippen LogP contribution in [0.25, 0.3) is 0 Å². The Balaban J connectivity index is 1.47. The van der Waals surface area contributed by atoms with Crippen LogP contribution in [0.15, 0.2) is 65.8 Å². The molecule has 1 amide bonds. The molecule has 0 aromatic heterocycles. The van der Waals surface area contributed by atoms with Gasteiger partial charge in [0.2, 0.25) is 5.91 Å². The summed E-state index contributed by atoms with van der Waals surface area (Å²) in [6.45, 7) is 1.43. The van der Waals surface area contributed by atoms with Gasteiger partial charge in [0.05, 0.1) is 29.4 Å². The van der Waals surface area contributed by atoms with Crippen molar-refractivity contribution in [1.29, 1.82) is 0 Å². The summed E-state index contributed by atoms with van der Waals surface area (Å²) in [5, 5.41) is 9.87. The molecule has 0 bridgehead atoms. The highest BCUT2D eigenvalue weighted by Gasteiger charge is 2.48. The summed E-state index contributed by atoms with van der Waals surface area (Å²) in [7, 11) is 0. The standard InChI is InChI=1S/C30H28F7NO3/c1-16(19-10-21(29(32,33)34)14-22(11-19)30(35,36)37)41-26-15-38-25(28(26)18-2-6-23(31)7-3-18)12-20(13-27(38)40)17-4-8-24(39)9-5-17/h2-4,6-7,10-11,13-14,16,24-26,28,39H,5,8-9,12,15H2,1H3/t16-,24?,25?,26+,28+/m1/s1. The zero-order valence-corrected chi connectivity index (χ0v) is 22.0. The van der Waals surface area contributed by atoms with Gasteiger partial charge in [-0.15, -0.1) is 0 Å². The molecule has 1 saturated heterocycles. The topological polar surface area (TPSA) is 49.8 Å². The predicted molar refractivity (Wildman–Crippen MR) is 135 cm³/mol. The number of fused-ring (bicyclic) bond motifs is 1. The molecule has 2 aliphatic heterocycles. The van der Waals surface area contributed by atoms with E-state index in [0.29, 0.717) is 43.4 Å². The number of ether oxygens (including phenoxy) is 1.